The number of rotatable bonds is 11. The molecule has 0 aliphatic carbocycles. The second-order valence-corrected chi connectivity index (χ2v) is 3.60. The summed E-state index contributed by atoms with van der Waals surface area (Å²) in [6.07, 6.45) is 0.882. The van der Waals surface area contributed by atoms with Gasteiger partial charge in [0, 0.05) is 20.2 Å². The number of aliphatic hydroxyl groups excluding tert-OH is 1. The fourth-order valence-corrected chi connectivity index (χ4v) is 1.29. The summed E-state index contributed by atoms with van der Waals surface area (Å²) in [7, 11) is 1.57. The van der Waals surface area contributed by atoms with Gasteiger partial charge < -0.3 is 19.7 Å². The molecular formula is C11H21NO5. The highest BCUT2D eigenvalue weighted by Gasteiger charge is 2.13. The summed E-state index contributed by atoms with van der Waals surface area (Å²) in [6, 6.07) is 0. The molecule has 0 aliphatic heterocycles. The number of carbonyl (C=O) groups is 1. The van der Waals surface area contributed by atoms with Gasteiger partial charge in [0.15, 0.2) is 0 Å². The van der Waals surface area contributed by atoms with Gasteiger partial charge in [0.1, 0.15) is 0 Å². The Morgan fingerprint density at radius 2 is 2.24 bits per heavy atom. The van der Waals surface area contributed by atoms with Crippen LogP contribution in [0.5, 0.6) is 0 Å². The maximum Gasteiger partial charge on any atom is 0.317 e. The van der Waals surface area contributed by atoms with Crippen LogP contribution < -0.4 is 0 Å². The van der Waals surface area contributed by atoms with E-state index in [2.05, 4.69) is 6.58 Å². The van der Waals surface area contributed by atoms with Crippen molar-refractivity contribution in [3.63, 3.8) is 0 Å². The maximum atomic E-state index is 10.6. The minimum absolute atomic E-state index is 0.124. The molecule has 0 spiro atoms. The van der Waals surface area contributed by atoms with Gasteiger partial charge in [-0.25, -0.2) is 0 Å². The van der Waals surface area contributed by atoms with E-state index in [4.69, 9.17) is 14.6 Å². The summed E-state index contributed by atoms with van der Waals surface area (Å²) < 4.78 is 9.93. The lowest BCUT2D eigenvalue weighted by atomic mass is 10.3. The van der Waals surface area contributed by atoms with Crippen molar-refractivity contribution in [2.45, 2.75) is 6.10 Å². The third kappa shape index (κ3) is 9.95. The quantitative estimate of drug-likeness (QED) is 0.381. The summed E-state index contributed by atoms with van der Waals surface area (Å²) in [5.74, 6) is -0.931. The number of carboxylic acids is 1. The lowest BCUT2D eigenvalue weighted by molar-refractivity contribution is -0.138. The third-order valence-corrected chi connectivity index (χ3v) is 1.96. The van der Waals surface area contributed by atoms with Crippen LogP contribution in [0.15, 0.2) is 12.7 Å². The topological polar surface area (TPSA) is 79.2 Å². The third-order valence-electron chi connectivity index (χ3n) is 1.96. The average molecular weight is 247 g/mol. The molecule has 100 valence electrons. The van der Waals surface area contributed by atoms with Crippen molar-refractivity contribution >= 4 is 5.97 Å². The van der Waals surface area contributed by atoms with Crippen LogP contribution in [0.25, 0.3) is 0 Å². The molecule has 0 aromatic heterocycles. The molecule has 1 atom stereocenters. The molecule has 0 rings (SSSR count). The van der Waals surface area contributed by atoms with Gasteiger partial charge in [-0.05, 0) is 0 Å². The number of aliphatic carboxylic acids is 1. The SMILES string of the molecule is C=CCN(CC(=O)O)CC(O)COCCOC. The lowest BCUT2D eigenvalue weighted by Crippen LogP contribution is -2.38. The summed E-state index contributed by atoms with van der Waals surface area (Å²) in [6.45, 7) is 5.12. The lowest BCUT2D eigenvalue weighted by Gasteiger charge is -2.21. The van der Waals surface area contributed by atoms with Crippen LogP contribution >= 0.6 is 0 Å². The Kier molecular flexibility index (Phi) is 9.65. The molecule has 0 radical (unpaired) electrons. The molecule has 17 heavy (non-hydrogen) atoms. The first-order valence-corrected chi connectivity index (χ1v) is 5.40. The summed E-state index contributed by atoms with van der Waals surface area (Å²) in [5, 5.41) is 18.3. The fraction of sp³-hybridized carbons (Fsp3) is 0.727. The van der Waals surface area contributed by atoms with Gasteiger partial charge in [0.05, 0.1) is 32.5 Å². The van der Waals surface area contributed by atoms with E-state index in [0.29, 0.717) is 19.8 Å². The van der Waals surface area contributed by atoms with Gasteiger partial charge in [-0.3, -0.25) is 9.69 Å². The predicted molar refractivity (Wildman–Crippen MR) is 63.0 cm³/mol. The first kappa shape index (κ1) is 16.1. The molecule has 0 aromatic carbocycles. The number of carboxylic acid groups (broad SMARTS) is 1. The zero-order chi connectivity index (χ0) is 13.1. The first-order valence-electron chi connectivity index (χ1n) is 5.40. The highest BCUT2D eigenvalue weighted by atomic mass is 16.5. The standard InChI is InChI=1S/C11H21NO5/c1-3-4-12(8-11(14)15)7-10(13)9-17-6-5-16-2/h3,10,13H,1,4-9H2,2H3,(H,14,15). The van der Waals surface area contributed by atoms with Crippen LogP contribution in [-0.4, -0.2) is 73.8 Å². The first-order chi connectivity index (χ1) is 8.10. The van der Waals surface area contributed by atoms with E-state index in [1.807, 2.05) is 0 Å². The predicted octanol–water partition coefficient (Wildman–Crippen LogP) is -0.417. The Bertz CT molecular complexity index is 222. The monoisotopic (exact) mass is 247 g/mol. The van der Waals surface area contributed by atoms with Gasteiger partial charge >= 0.3 is 5.97 Å². The van der Waals surface area contributed by atoms with Crippen molar-refractivity contribution in [3.8, 4) is 0 Å². The highest BCUT2D eigenvalue weighted by Crippen LogP contribution is 1.95. The molecule has 0 saturated carbocycles. The molecule has 6 nitrogen and oxygen atoms in total. The van der Waals surface area contributed by atoms with Crippen molar-refractivity contribution in [1.82, 2.24) is 4.90 Å². The van der Waals surface area contributed by atoms with Gasteiger partial charge in [-0.2, -0.15) is 0 Å². The van der Waals surface area contributed by atoms with Crippen molar-refractivity contribution in [3.05, 3.63) is 12.7 Å². The molecule has 0 amide bonds. The van der Waals surface area contributed by atoms with E-state index in [9.17, 15) is 9.90 Å². The Hall–Kier alpha value is -0.950. The average Bonchev–Trinajstić information content (AvgIpc) is 2.24. The van der Waals surface area contributed by atoms with E-state index < -0.39 is 12.1 Å². The van der Waals surface area contributed by atoms with Crippen LogP contribution in [-0.2, 0) is 14.3 Å². The molecule has 2 N–H and O–H groups in total. The van der Waals surface area contributed by atoms with Crippen molar-refractivity contribution in [2.75, 3.05) is 46.6 Å². The van der Waals surface area contributed by atoms with Crippen molar-refractivity contribution < 1.29 is 24.5 Å². The minimum atomic E-state index is -0.931. The number of nitrogens with zero attached hydrogens (tertiary/aromatic N) is 1. The van der Waals surface area contributed by atoms with E-state index in [1.54, 1.807) is 18.1 Å². The molecule has 0 heterocycles. The molecule has 0 fully saturated rings. The molecule has 0 saturated heterocycles. The zero-order valence-corrected chi connectivity index (χ0v) is 10.2. The van der Waals surface area contributed by atoms with Crippen LogP contribution in [0.3, 0.4) is 0 Å². The van der Waals surface area contributed by atoms with Gasteiger partial charge in [-0.1, -0.05) is 6.08 Å². The molecule has 0 bridgehead atoms. The van der Waals surface area contributed by atoms with Gasteiger partial charge in [0.2, 0.25) is 0 Å². The molecule has 1 unspecified atom stereocenters. The summed E-state index contributed by atoms with van der Waals surface area (Å²) >= 11 is 0. The van der Waals surface area contributed by atoms with Crippen LogP contribution in [0, 0.1) is 0 Å². The second-order valence-electron chi connectivity index (χ2n) is 3.60. The number of aliphatic hydroxyl groups is 1. The Morgan fingerprint density at radius 3 is 2.76 bits per heavy atom. The Morgan fingerprint density at radius 1 is 1.53 bits per heavy atom. The summed E-state index contributed by atoms with van der Waals surface area (Å²) in [5.41, 5.74) is 0. The van der Waals surface area contributed by atoms with E-state index in [-0.39, 0.29) is 19.7 Å². The molecular weight excluding hydrogens is 226 g/mol. The molecule has 0 aromatic rings. The van der Waals surface area contributed by atoms with E-state index in [0.717, 1.165) is 0 Å². The van der Waals surface area contributed by atoms with Crippen LogP contribution in [0.1, 0.15) is 0 Å². The number of methoxy groups -OCH3 is 1. The molecule has 6 heteroatoms. The Labute approximate surface area is 101 Å². The zero-order valence-electron chi connectivity index (χ0n) is 10.2. The smallest absolute Gasteiger partial charge is 0.317 e. The van der Waals surface area contributed by atoms with Gasteiger partial charge in [0.25, 0.3) is 0 Å². The second kappa shape index (κ2) is 10.2. The highest BCUT2D eigenvalue weighted by molar-refractivity contribution is 5.69. The number of hydrogen-bond acceptors (Lipinski definition) is 5. The normalized spacial score (nSPS) is 12.6. The maximum absolute atomic E-state index is 10.6. The van der Waals surface area contributed by atoms with Crippen molar-refractivity contribution in [2.24, 2.45) is 0 Å². The van der Waals surface area contributed by atoms with E-state index in [1.165, 1.54) is 0 Å². The Balaban J connectivity index is 3.81. The number of hydrogen-bond donors (Lipinski definition) is 2. The fourth-order valence-electron chi connectivity index (χ4n) is 1.29. The minimum Gasteiger partial charge on any atom is -0.480 e. The largest absolute Gasteiger partial charge is 0.480 e. The van der Waals surface area contributed by atoms with Crippen LogP contribution in [0.4, 0.5) is 0 Å². The molecule has 0 aliphatic rings. The number of ether oxygens (including phenoxy) is 2. The van der Waals surface area contributed by atoms with Gasteiger partial charge in [-0.15, -0.1) is 6.58 Å². The van der Waals surface area contributed by atoms with E-state index >= 15 is 0 Å². The van der Waals surface area contributed by atoms with Crippen LogP contribution in [0.2, 0.25) is 0 Å². The van der Waals surface area contributed by atoms with Crippen molar-refractivity contribution in [1.29, 1.82) is 0 Å². The summed E-state index contributed by atoms with van der Waals surface area (Å²) in [4.78, 5) is 12.1.